The van der Waals surface area contributed by atoms with E-state index in [1.807, 2.05) is 12.3 Å². The predicted octanol–water partition coefficient (Wildman–Crippen LogP) is 2.70. The van der Waals surface area contributed by atoms with E-state index in [2.05, 4.69) is 40.3 Å². The Balaban J connectivity index is 1.47. The maximum Gasteiger partial charge on any atom is 0.234 e. The Morgan fingerprint density at radius 3 is 3.09 bits per heavy atom. The highest BCUT2D eigenvalue weighted by molar-refractivity contribution is 5.83. The number of hydrogen-bond acceptors (Lipinski definition) is 2. The van der Waals surface area contributed by atoms with Crippen molar-refractivity contribution in [1.82, 2.24) is 15.2 Å². The van der Waals surface area contributed by atoms with Gasteiger partial charge in [-0.3, -0.25) is 9.69 Å². The van der Waals surface area contributed by atoms with Gasteiger partial charge in [0.1, 0.15) is 0 Å². The SMILES string of the molecule is C[C@H]1CCCCN1CC(=O)NCCc1c[nH]c2ccccc12. The number of benzene rings is 1. The van der Waals surface area contributed by atoms with E-state index in [0.717, 1.165) is 18.5 Å². The summed E-state index contributed by atoms with van der Waals surface area (Å²) in [5.41, 5.74) is 2.42. The number of likely N-dealkylation sites (tertiary alicyclic amines) is 1. The first-order chi connectivity index (χ1) is 10.7. The molecule has 0 unspecified atom stereocenters. The van der Waals surface area contributed by atoms with Gasteiger partial charge in [0.25, 0.3) is 0 Å². The van der Waals surface area contributed by atoms with Crippen LogP contribution in [0.1, 0.15) is 31.7 Å². The summed E-state index contributed by atoms with van der Waals surface area (Å²) in [6.45, 7) is 4.51. The van der Waals surface area contributed by atoms with E-state index in [1.165, 1.54) is 30.2 Å². The Morgan fingerprint density at radius 1 is 1.36 bits per heavy atom. The number of aromatic amines is 1. The quantitative estimate of drug-likeness (QED) is 0.892. The molecule has 1 aromatic carbocycles. The molecule has 2 N–H and O–H groups in total. The molecule has 0 aliphatic carbocycles. The van der Waals surface area contributed by atoms with E-state index in [0.29, 0.717) is 19.1 Å². The first kappa shape index (κ1) is 15.1. The summed E-state index contributed by atoms with van der Waals surface area (Å²) in [4.78, 5) is 17.7. The smallest absolute Gasteiger partial charge is 0.234 e. The van der Waals surface area contributed by atoms with Crippen molar-refractivity contribution in [1.29, 1.82) is 0 Å². The number of rotatable bonds is 5. The summed E-state index contributed by atoms with van der Waals surface area (Å²) in [5, 5.41) is 4.31. The zero-order chi connectivity index (χ0) is 15.4. The van der Waals surface area contributed by atoms with Gasteiger partial charge >= 0.3 is 0 Å². The number of carbonyl (C=O) groups excluding carboxylic acids is 1. The van der Waals surface area contributed by atoms with E-state index in [1.54, 1.807) is 0 Å². The van der Waals surface area contributed by atoms with Crippen molar-refractivity contribution in [3.8, 4) is 0 Å². The van der Waals surface area contributed by atoms with Crippen LogP contribution in [0.3, 0.4) is 0 Å². The maximum absolute atomic E-state index is 12.1. The molecule has 0 saturated carbocycles. The number of fused-ring (bicyclic) bond motifs is 1. The molecule has 3 rings (SSSR count). The lowest BCUT2D eigenvalue weighted by Gasteiger charge is -2.32. The number of nitrogens with zero attached hydrogens (tertiary/aromatic N) is 1. The van der Waals surface area contributed by atoms with Crippen molar-refractivity contribution in [3.05, 3.63) is 36.0 Å². The molecule has 1 amide bonds. The van der Waals surface area contributed by atoms with Crippen LogP contribution in [0.25, 0.3) is 10.9 Å². The Labute approximate surface area is 131 Å². The fraction of sp³-hybridized carbons (Fsp3) is 0.500. The Bertz CT molecular complexity index is 634. The number of amides is 1. The van der Waals surface area contributed by atoms with Gasteiger partial charge in [-0.05, 0) is 44.4 Å². The molecule has 118 valence electrons. The second-order valence-electron chi connectivity index (χ2n) is 6.27. The summed E-state index contributed by atoms with van der Waals surface area (Å²) in [6.07, 6.45) is 6.63. The molecule has 1 saturated heterocycles. The highest BCUT2D eigenvalue weighted by Crippen LogP contribution is 2.18. The van der Waals surface area contributed by atoms with Crippen LogP contribution < -0.4 is 5.32 Å². The first-order valence-electron chi connectivity index (χ1n) is 8.30. The number of piperidine rings is 1. The maximum atomic E-state index is 12.1. The standard InChI is InChI=1S/C18H25N3O/c1-14-6-4-5-11-21(14)13-18(22)19-10-9-15-12-20-17-8-3-2-7-16(15)17/h2-3,7-8,12,14,20H,4-6,9-11,13H2,1H3,(H,19,22)/t14-/m0/s1. The largest absolute Gasteiger partial charge is 0.361 e. The van der Waals surface area contributed by atoms with E-state index in [-0.39, 0.29) is 5.91 Å². The van der Waals surface area contributed by atoms with Crippen molar-refractivity contribution in [3.63, 3.8) is 0 Å². The van der Waals surface area contributed by atoms with Crippen LogP contribution in [-0.4, -0.2) is 41.5 Å². The molecule has 1 aromatic heterocycles. The predicted molar refractivity (Wildman–Crippen MR) is 89.9 cm³/mol. The topological polar surface area (TPSA) is 48.1 Å². The molecule has 0 spiro atoms. The molecule has 2 heterocycles. The fourth-order valence-corrected chi connectivity index (χ4v) is 3.31. The van der Waals surface area contributed by atoms with Crippen molar-refractivity contribution < 1.29 is 4.79 Å². The van der Waals surface area contributed by atoms with Crippen molar-refractivity contribution in [2.45, 2.75) is 38.6 Å². The molecule has 1 atom stereocenters. The van der Waals surface area contributed by atoms with E-state index < -0.39 is 0 Å². The van der Waals surface area contributed by atoms with Crippen LogP contribution in [0.5, 0.6) is 0 Å². The van der Waals surface area contributed by atoms with E-state index >= 15 is 0 Å². The monoisotopic (exact) mass is 299 g/mol. The van der Waals surface area contributed by atoms with Gasteiger partial charge in [-0.25, -0.2) is 0 Å². The second kappa shape index (κ2) is 6.97. The third-order valence-corrected chi connectivity index (χ3v) is 4.68. The van der Waals surface area contributed by atoms with Gasteiger partial charge in [-0.2, -0.15) is 0 Å². The summed E-state index contributed by atoms with van der Waals surface area (Å²) < 4.78 is 0. The Kier molecular flexibility index (Phi) is 4.78. The zero-order valence-corrected chi connectivity index (χ0v) is 13.3. The van der Waals surface area contributed by atoms with Gasteiger partial charge < -0.3 is 10.3 Å². The highest BCUT2D eigenvalue weighted by atomic mass is 16.2. The average molecular weight is 299 g/mol. The van der Waals surface area contributed by atoms with Crippen LogP contribution >= 0.6 is 0 Å². The molecular weight excluding hydrogens is 274 g/mol. The minimum atomic E-state index is 0.147. The van der Waals surface area contributed by atoms with Gasteiger partial charge in [-0.1, -0.05) is 24.6 Å². The van der Waals surface area contributed by atoms with Gasteiger partial charge in [-0.15, -0.1) is 0 Å². The number of carbonyl (C=O) groups is 1. The van der Waals surface area contributed by atoms with Gasteiger partial charge in [0, 0.05) is 29.7 Å². The summed E-state index contributed by atoms with van der Waals surface area (Å²) in [7, 11) is 0. The molecular formula is C18H25N3O. The first-order valence-corrected chi connectivity index (χ1v) is 8.30. The van der Waals surface area contributed by atoms with Gasteiger partial charge in [0.05, 0.1) is 6.54 Å². The number of aromatic nitrogens is 1. The van der Waals surface area contributed by atoms with Crippen molar-refractivity contribution >= 4 is 16.8 Å². The minimum Gasteiger partial charge on any atom is -0.361 e. The third kappa shape index (κ3) is 3.50. The normalized spacial score (nSPS) is 19.4. The molecule has 4 heteroatoms. The second-order valence-corrected chi connectivity index (χ2v) is 6.27. The van der Waals surface area contributed by atoms with Crippen molar-refractivity contribution in [2.24, 2.45) is 0 Å². The summed E-state index contributed by atoms with van der Waals surface area (Å²) in [5.74, 6) is 0.147. The number of nitrogens with one attached hydrogen (secondary N) is 2. The van der Waals surface area contributed by atoms with Crippen LogP contribution in [-0.2, 0) is 11.2 Å². The lowest BCUT2D eigenvalue weighted by molar-refractivity contribution is -0.123. The van der Waals surface area contributed by atoms with Crippen LogP contribution in [0.4, 0.5) is 0 Å². The average Bonchev–Trinajstić information content (AvgIpc) is 2.93. The zero-order valence-electron chi connectivity index (χ0n) is 13.3. The van der Waals surface area contributed by atoms with E-state index in [4.69, 9.17) is 0 Å². The van der Waals surface area contributed by atoms with Crippen LogP contribution in [0.15, 0.2) is 30.5 Å². The Hall–Kier alpha value is -1.81. The molecule has 1 aliphatic rings. The molecule has 1 aliphatic heterocycles. The van der Waals surface area contributed by atoms with Gasteiger partial charge in [0.15, 0.2) is 0 Å². The lowest BCUT2D eigenvalue weighted by atomic mass is 10.0. The summed E-state index contributed by atoms with van der Waals surface area (Å²) in [6, 6.07) is 8.82. The molecule has 4 nitrogen and oxygen atoms in total. The van der Waals surface area contributed by atoms with Crippen LogP contribution in [0, 0.1) is 0 Å². The molecule has 0 radical (unpaired) electrons. The Morgan fingerprint density at radius 2 is 2.23 bits per heavy atom. The number of H-pyrrole nitrogens is 1. The summed E-state index contributed by atoms with van der Waals surface area (Å²) >= 11 is 0. The molecule has 2 aromatic rings. The molecule has 22 heavy (non-hydrogen) atoms. The van der Waals surface area contributed by atoms with E-state index in [9.17, 15) is 4.79 Å². The number of para-hydroxylation sites is 1. The van der Waals surface area contributed by atoms with Crippen LogP contribution in [0.2, 0.25) is 0 Å². The fourth-order valence-electron chi connectivity index (χ4n) is 3.31. The molecule has 1 fully saturated rings. The highest BCUT2D eigenvalue weighted by Gasteiger charge is 2.20. The van der Waals surface area contributed by atoms with Gasteiger partial charge in [0.2, 0.25) is 5.91 Å². The third-order valence-electron chi connectivity index (χ3n) is 4.68. The molecule has 0 bridgehead atoms. The minimum absolute atomic E-state index is 0.147. The lowest BCUT2D eigenvalue weighted by Crippen LogP contribution is -2.44. The van der Waals surface area contributed by atoms with Crippen molar-refractivity contribution in [2.75, 3.05) is 19.6 Å². The number of hydrogen-bond donors (Lipinski definition) is 2.